The first-order chi connectivity index (χ1) is 9.66. The van der Waals surface area contributed by atoms with Crippen LogP contribution < -0.4 is 5.32 Å². The Bertz CT molecular complexity index is 508. The van der Waals surface area contributed by atoms with Gasteiger partial charge in [-0.1, -0.05) is 29.8 Å². The van der Waals surface area contributed by atoms with Gasteiger partial charge in [-0.2, -0.15) is 0 Å². The molecule has 2 aliphatic heterocycles. The second-order valence-corrected chi connectivity index (χ2v) is 5.97. The van der Waals surface area contributed by atoms with Gasteiger partial charge in [-0.3, -0.25) is 4.79 Å². The molecule has 2 saturated heterocycles. The summed E-state index contributed by atoms with van der Waals surface area (Å²) in [4.78, 5) is 14.5. The first-order valence-electron chi connectivity index (χ1n) is 7.13. The fourth-order valence-corrected chi connectivity index (χ4v) is 3.47. The number of benzene rings is 1. The van der Waals surface area contributed by atoms with Crippen molar-refractivity contribution in [1.29, 1.82) is 0 Å². The van der Waals surface area contributed by atoms with Gasteiger partial charge >= 0.3 is 0 Å². The Morgan fingerprint density at radius 3 is 2.90 bits per heavy atom. The molecule has 0 spiro atoms. The third-order valence-corrected chi connectivity index (χ3v) is 4.55. The highest BCUT2D eigenvalue weighted by atomic mass is 35.5. The lowest BCUT2D eigenvalue weighted by Gasteiger charge is -2.28. The maximum absolute atomic E-state index is 12.6. The Hall–Kier alpha value is -1.10. The molecular weight excluding hydrogens is 276 g/mol. The number of halogens is 1. The number of aliphatic hydroxyl groups is 1. The number of amides is 1. The van der Waals surface area contributed by atoms with Gasteiger partial charge < -0.3 is 15.3 Å². The first kappa shape index (κ1) is 13.9. The van der Waals surface area contributed by atoms with E-state index in [0.717, 1.165) is 30.0 Å². The van der Waals surface area contributed by atoms with Crippen molar-refractivity contribution in [3.63, 3.8) is 0 Å². The van der Waals surface area contributed by atoms with Gasteiger partial charge in [0.25, 0.3) is 0 Å². The summed E-state index contributed by atoms with van der Waals surface area (Å²) in [5, 5.41) is 13.4. The van der Waals surface area contributed by atoms with Crippen molar-refractivity contribution in [2.24, 2.45) is 0 Å². The Kier molecular flexibility index (Phi) is 3.96. The second-order valence-electron chi connectivity index (χ2n) is 5.56. The Balaban J connectivity index is 1.79. The predicted octanol–water partition coefficient (Wildman–Crippen LogP) is 1.73. The molecule has 0 radical (unpaired) electrons. The van der Waals surface area contributed by atoms with Crippen LogP contribution in [0.2, 0.25) is 5.02 Å². The summed E-state index contributed by atoms with van der Waals surface area (Å²) < 4.78 is 0. The summed E-state index contributed by atoms with van der Waals surface area (Å²) in [7, 11) is 0. The Labute approximate surface area is 123 Å². The van der Waals surface area contributed by atoms with Crippen LogP contribution >= 0.6 is 11.6 Å². The molecule has 3 rings (SSSR count). The van der Waals surface area contributed by atoms with E-state index in [1.807, 2.05) is 29.2 Å². The lowest BCUT2D eigenvalue weighted by molar-refractivity contribution is -0.134. The molecule has 3 atom stereocenters. The number of hydrogen-bond acceptors (Lipinski definition) is 3. The Morgan fingerprint density at radius 1 is 1.40 bits per heavy atom. The van der Waals surface area contributed by atoms with Crippen LogP contribution in [-0.2, 0) is 4.79 Å². The SMILES string of the molecule is O=C(C1CC(O)CN1)N1CCCC1c1ccccc1Cl. The summed E-state index contributed by atoms with van der Waals surface area (Å²) in [5.41, 5.74) is 1.03. The van der Waals surface area contributed by atoms with E-state index in [1.165, 1.54) is 0 Å². The molecule has 1 amide bonds. The van der Waals surface area contributed by atoms with Crippen molar-refractivity contribution in [2.75, 3.05) is 13.1 Å². The van der Waals surface area contributed by atoms with Crippen LogP contribution in [0.5, 0.6) is 0 Å². The van der Waals surface area contributed by atoms with Crippen LogP contribution in [0.4, 0.5) is 0 Å². The number of aliphatic hydroxyl groups excluding tert-OH is 1. The van der Waals surface area contributed by atoms with Gasteiger partial charge in [-0.05, 0) is 30.9 Å². The third kappa shape index (κ3) is 2.55. The minimum Gasteiger partial charge on any atom is -0.392 e. The Morgan fingerprint density at radius 2 is 2.20 bits per heavy atom. The molecule has 2 fully saturated rings. The standard InChI is InChI=1S/C15H19ClN2O2/c16-12-5-2-1-4-11(12)14-6-3-7-18(14)15(20)13-8-10(19)9-17-13/h1-2,4-5,10,13-14,17,19H,3,6-9H2. The highest BCUT2D eigenvalue weighted by Crippen LogP contribution is 2.36. The fraction of sp³-hybridized carbons (Fsp3) is 0.533. The van der Waals surface area contributed by atoms with E-state index in [1.54, 1.807) is 0 Å². The molecule has 0 aliphatic carbocycles. The average Bonchev–Trinajstić information content (AvgIpc) is 3.07. The van der Waals surface area contributed by atoms with Crippen LogP contribution in [0.15, 0.2) is 24.3 Å². The van der Waals surface area contributed by atoms with E-state index >= 15 is 0 Å². The van der Waals surface area contributed by atoms with Gasteiger partial charge in [-0.25, -0.2) is 0 Å². The summed E-state index contributed by atoms with van der Waals surface area (Å²) in [6.45, 7) is 1.27. The quantitative estimate of drug-likeness (QED) is 0.873. The topological polar surface area (TPSA) is 52.6 Å². The number of carbonyl (C=O) groups is 1. The van der Waals surface area contributed by atoms with Crippen molar-refractivity contribution in [3.05, 3.63) is 34.9 Å². The fourth-order valence-electron chi connectivity index (χ4n) is 3.20. The molecule has 1 aromatic carbocycles. The molecule has 2 aliphatic rings. The molecule has 5 heteroatoms. The molecule has 108 valence electrons. The maximum atomic E-state index is 12.6. The van der Waals surface area contributed by atoms with E-state index in [2.05, 4.69) is 5.32 Å². The monoisotopic (exact) mass is 294 g/mol. The lowest BCUT2D eigenvalue weighted by atomic mass is 10.0. The molecular formula is C15H19ClN2O2. The molecule has 4 nitrogen and oxygen atoms in total. The van der Waals surface area contributed by atoms with Crippen LogP contribution in [0.1, 0.15) is 30.9 Å². The average molecular weight is 295 g/mol. The number of likely N-dealkylation sites (tertiary alicyclic amines) is 1. The zero-order chi connectivity index (χ0) is 14.1. The van der Waals surface area contributed by atoms with Crippen LogP contribution in [0.3, 0.4) is 0 Å². The van der Waals surface area contributed by atoms with Crippen molar-refractivity contribution >= 4 is 17.5 Å². The van der Waals surface area contributed by atoms with E-state index in [0.29, 0.717) is 13.0 Å². The van der Waals surface area contributed by atoms with Crippen LogP contribution in [-0.4, -0.2) is 41.1 Å². The first-order valence-corrected chi connectivity index (χ1v) is 7.51. The lowest BCUT2D eigenvalue weighted by Crippen LogP contribution is -2.43. The molecule has 0 bridgehead atoms. The molecule has 2 heterocycles. The minimum absolute atomic E-state index is 0.0655. The maximum Gasteiger partial charge on any atom is 0.240 e. The summed E-state index contributed by atoms with van der Waals surface area (Å²) >= 11 is 6.26. The number of β-amino-alcohol motifs (C(OH)–C–C–N with tert-alkyl or cyclic N) is 1. The number of rotatable bonds is 2. The number of nitrogens with zero attached hydrogens (tertiary/aromatic N) is 1. The predicted molar refractivity (Wildman–Crippen MR) is 77.6 cm³/mol. The highest BCUT2D eigenvalue weighted by Gasteiger charge is 2.37. The number of carbonyl (C=O) groups excluding carboxylic acids is 1. The normalized spacial score (nSPS) is 29.9. The van der Waals surface area contributed by atoms with Crippen LogP contribution in [0.25, 0.3) is 0 Å². The van der Waals surface area contributed by atoms with Crippen molar-refractivity contribution < 1.29 is 9.90 Å². The van der Waals surface area contributed by atoms with Crippen molar-refractivity contribution in [1.82, 2.24) is 10.2 Å². The highest BCUT2D eigenvalue weighted by molar-refractivity contribution is 6.31. The van der Waals surface area contributed by atoms with Crippen LogP contribution in [0, 0.1) is 0 Å². The van der Waals surface area contributed by atoms with Gasteiger partial charge in [0.05, 0.1) is 18.2 Å². The second kappa shape index (κ2) is 5.72. The molecule has 2 N–H and O–H groups in total. The molecule has 0 saturated carbocycles. The third-order valence-electron chi connectivity index (χ3n) is 4.21. The van der Waals surface area contributed by atoms with E-state index in [-0.39, 0.29) is 18.0 Å². The van der Waals surface area contributed by atoms with Crippen molar-refractivity contribution in [3.8, 4) is 0 Å². The minimum atomic E-state index is -0.412. The number of nitrogens with one attached hydrogen (secondary N) is 1. The summed E-state index contributed by atoms with van der Waals surface area (Å²) in [6.07, 6.45) is 2.04. The zero-order valence-electron chi connectivity index (χ0n) is 11.3. The van der Waals surface area contributed by atoms with Gasteiger partial charge in [0.1, 0.15) is 0 Å². The van der Waals surface area contributed by atoms with Crippen molar-refractivity contribution in [2.45, 2.75) is 37.5 Å². The number of hydrogen-bond donors (Lipinski definition) is 2. The van der Waals surface area contributed by atoms with Gasteiger partial charge in [0.15, 0.2) is 0 Å². The largest absolute Gasteiger partial charge is 0.392 e. The summed E-state index contributed by atoms with van der Waals surface area (Å²) in [5.74, 6) is 0.0870. The smallest absolute Gasteiger partial charge is 0.240 e. The molecule has 0 aromatic heterocycles. The van der Waals surface area contributed by atoms with E-state index in [9.17, 15) is 9.90 Å². The van der Waals surface area contributed by atoms with E-state index in [4.69, 9.17) is 11.6 Å². The van der Waals surface area contributed by atoms with Gasteiger partial charge in [-0.15, -0.1) is 0 Å². The molecule has 3 unspecified atom stereocenters. The molecule has 20 heavy (non-hydrogen) atoms. The van der Waals surface area contributed by atoms with E-state index < -0.39 is 6.10 Å². The van der Waals surface area contributed by atoms with Gasteiger partial charge in [0, 0.05) is 18.1 Å². The summed E-state index contributed by atoms with van der Waals surface area (Å²) in [6, 6.07) is 7.54. The van der Waals surface area contributed by atoms with Gasteiger partial charge in [0.2, 0.25) is 5.91 Å². The zero-order valence-corrected chi connectivity index (χ0v) is 12.0. The molecule has 1 aromatic rings.